The van der Waals surface area contributed by atoms with Gasteiger partial charge in [-0.05, 0) is 42.8 Å². The fraction of sp³-hybridized carbons (Fsp3) is 0.385. The number of hydrogen-bond donors (Lipinski definition) is 1. The average molecular weight is 608 g/mol. The van der Waals surface area contributed by atoms with Crippen LogP contribution in [0.2, 0.25) is 0 Å². The average Bonchev–Trinajstić information content (AvgIpc) is 3.47. The SMILES string of the molecule is CN(C(=O)Oc1c(-n2ccn(CC(O)CN3CCC(F)C3)c2=O)cc(C(F)(F)F)cc1C(F)(F)F)c1ccc(F)cc1. The minimum absolute atomic E-state index is 0.0159. The van der Waals surface area contributed by atoms with Crippen LogP contribution in [0.1, 0.15) is 17.5 Å². The van der Waals surface area contributed by atoms with E-state index in [0.29, 0.717) is 16.0 Å². The van der Waals surface area contributed by atoms with E-state index in [1.165, 1.54) is 0 Å². The first-order chi connectivity index (χ1) is 19.5. The maximum atomic E-state index is 14.1. The number of hydrogen-bond acceptors (Lipinski definition) is 5. The first-order valence-electron chi connectivity index (χ1n) is 12.4. The quantitative estimate of drug-likeness (QED) is 0.388. The molecule has 0 saturated carbocycles. The van der Waals surface area contributed by atoms with Crippen LogP contribution in [0.3, 0.4) is 0 Å². The number of aromatic nitrogens is 2. The van der Waals surface area contributed by atoms with Gasteiger partial charge in [-0.3, -0.25) is 18.9 Å². The van der Waals surface area contributed by atoms with Crippen molar-refractivity contribution in [2.75, 3.05) is 31.6 Å². The highest BCUT2D eigenvalue weighted by Gasteiger charge is 2.42. The molecule has 0 bridgehead atoms. The molecule has 0 spiro atoms. The third-order valence-corrected chi connectivity index (χ3v) is 6.58. The Kier molecular flexibility index (Phi) is 8.68. The van der Waals surface area contributed by atoms with Crippen molar-refractivity contribution in [3.05, 3.63) is 76.2 Å². The number of aliphatic hydroxyl groups is 1. The van der Waals surface area contributed by atoms with Gasteiger partial charge in [0.15, 0.2) is 5.75 Å². The summed E-state index contributed by atoms with van der Waals surface area (Å²) in [6, 6.07) is 4.12. The van der Waals surface area contributed by atoms with Crippen molar-refractivity contribution >= 4 is 11.8 Å². The van der Waals surface area contributed by atoms with E-state index in [4.69, 9.17) is 4.74 Å². The summed E-state index contributed by atoms with van der Waals surface area (Å²) in [5.74, 6) is -2.06. The Balaban J connectivity index is 1.75. The number of alkyl halides is 7. The van der Waals surface area contributed by atoms with Crippen molar-refractivity contribution in [1.29, 1.82) is 0 Å². The van der Waals surface area contributed by atoms with Crippen LogP contribution in [0.25, 0.3) is 5.69 Å². The number of nitrogens with zero attached hydrogens (tertiary/aromatic N) is 4. The Morgan fingerprint density at radius 3 is 2.31 bits per heavy atom. The lowest BCUT2D eigenvalue weighted by atomic mass is 10.1. The second-order valence-electron chi connectivity index (χ2n) is 9.67. The molecule has 2 unspecified atom stereocenters. The number of ether oxygens (including phenoxy) is 1. The summed E-state index contributed by atoms with van der Waals surface area (Å²) < 4.78 is 116. The third-order valence-electron chi connectivity index (χ3n) is 6.58. The van der Waals surface area contributed by atoms with Crippen LogP contribution in [0.4, 0.5) is 45.6 Å². The molecule has 1 aromatic heterocycles. The number of benzene rings is 2. The number of halogens is 8. The molecule has 1 saturated heterocycles. The van der Waals surface area contributed by atoms with Crippen LogP contribution in [-0.4, -0.2) is 64.2 Å². The molecule has 1 aliphatic rings. The number of likely N-dealkylation sites (tertiary alicyclic amines) is 1. The number of β-amino-alcohol motifs (C(OH)–C–C–N with tert-alkyl or cyclic N) is 1. The molecular formula is C26H24F8N4O4. The molecule has 1 aliphatic heterocycles. The van der Waals surface area contributed by atoms with Crippen LogP contribution in [0.5, 0.6) is 5.75 Å². The van der Waals surface area contributed by atoms with Crippen molar-refractivity contribution in [2.24, 2.45) is 0 Å². The molecule has 3 aromatic rings. The number of imidazole rings is 1. The smallest absolute Gasteiger partial charge is 0.407 e. The second-order valence-corrected chi connectivity index (χ2v) is 9.67. The topological polar surface area (TPSA) is 79.9 Å². The molecule has 16 heteroatoms. The first-order valence-corrected chi connectivity index (χ1v) is 12.4. The standard InChI is InChI=1S/C26H24F8N4O4/c1-35(18-4-2-16(27)3-5-18)24(41)42-22-20(26(32,33)34)10-15(25(29,30)31)11-21(22)38-9-8-37(23(38)40)14-19(39)13-36-7-6-17(28)12-36/h2-5,8-11,17,19,39H,6-7,12-14H2,1H3. The van der Waals surface area contributed by atoms with E-state index in [0.717, 1.165) is 48.3 Å². The van der Waals surface area contributed by atoms with Gasteiger partial charge in [-0.1, -0.05) is 0 Å². The molecule has 0 radical (unpaired) electrons. The second kappa shape index (κ2) is 11.8. The highest BCUT2D eigenvalue weighted by molar-refractivity contribution is 5.89. The van der Waals surface area contributed by atoms with Crippen molar-refractivity contribution in [3.63, 3.8) is 0 Å². The zero-order chi connectivity index (χ0) is 31.0. The van der Waals surface area contributed by atoms with Gasteiger partial charge < -0.3 is 9.84 Å². The lowest BCUT2D eigenvalue weighted by Gasteiger charge is -2.22. The van der Waals surface area contributed by atoms with Gasteiger partial charge in [0.1, 0.15) is 17.6 Å². The van der Waals surface area contributed by atoms with E-state index in [9.17, 15) is 49.8 Å². The first kappa shape index (κ1) is 31.0. The molecule has 42 heavy (non-hydrogen) atoms. The monoisotopic (exact) mass is 608 g/mol. The van der Waals surface area contributed by atoms with Gasteiger partial charge in [0.05, 0.1) is 23.9 Å². The fourth-order valence-electron chi connectivity index (χ4n) is 4.47. The molecule has 0 aliphatic carbocycles. The molecule has 1 N–H and O–H groups in total. The van der Waals surface area contributed by atoms with Gasteiger partial charge in [-0.25, -0.2) is 18.4 Å². The molecule has 2 heterocycles. The van der Waals surface area contributed by atoms with Gasteiger partial charge >= 0.3 is 24.1 Å². The number of carbonyl (C=O) groups excluding carboxylic acids is 1. The van der Waals surface area contributed by atoms with Gasteiger partial charge in [0, 0.05) is 44.8 Å². The number of rotatable bonds is 7. The van der Waals surface area contributed by atoms with E-state index in [1.807, 2.05) is 0 Å². The molecule has 2 atom stereocenters. The highest BCUT2D eigenvalue weighted by atomic mass is 19.4. The minimum Gasteiger partial charge on any atom is -0.407 e. The summed E-state index contributed by atoms with van der Waals surface area (Å²) in [6.45, 7) is -0.0105. The maximum Gasteiger partial charge on any atom is 0.420 e. The predicted octanol–water partition coefficient (Wildman–Crippen LogP) is 4.86. The van der Waals surface area contributed by atoms with Gasteiger partial charge in [-0.15, -0.1) is 0 Å². The summed E-state index contributed by atoms with van der Waals surface area (Å²) in [7, 11) is 1.07. The van der Waals surface area contributed by atoms with E-state index in [2.05, 4.69) is 0 Å². The van der Waals surface area contributed by atoms with Gasteiger partial charge in [0.25, 0.3) is 0 Å². The number of aliphatic hydroxyl groups excluding tert-OH is 1. The summed E-state index contributed by atoms with van der Waals surface area (Å²) in [4.78, 5) is 28.3. The molecule has 8 nitrogen and oxygen atoms in total. The van der Waals surface area contributed by atoms with Crippen LogP contribution in [0, 0.1) is 5.82 Å². The number of anilines is 1. The third kappa shape index (κ3) is 6.92. The summed E-state index contributed by atoms with van der Waals surface area (Å²) >= 11 is 0. The molecule has 4 rings (SSSR count). The Bertz CT molecular complexity index is 1480. The lowest BCUT2D eigenvalue weighted by molar-refractivity contribution is -0.143. The number of amides is 1. The summed E-state index contributed by atoms with van der Waals surface area (Å²) in [6.07, 6.45) is -12.4. The maximum absolute atomic E-state index is 14.1. The van der Waals surface area contributed by atoms with Gasteiger partial charge in [-0.2, -0.15) is 26.3 Å². The Morgan fingerprint density at radius 2 is 1.74 bits per heavy atom. The van der Waals surface area contributed by atoms with Crippen LogP contribution >= 0.6 is 0 Å². The molecule has 228 valence electrons. The van der Waals surface area contributed by atoms with E-state index in [-0.39, 0.29) is 37.3 Å². The van der Waals surface area contributed by atoms with Crippen molar-refractivity contribution < 1.29 is 49.8 Å². The normalized spacial score (nSPS) is 17.0. The Hall–Kier alpha value is -3.92. The van der Waals surface area contributed by atoms with Gasteiger partial charge in [0.2, 0.25) is 0 Å². The lowest BCUT2D eigenvalue weighted by Crippen LogP contribution is -2.36. The predicted molar refractivity (Wildman–Crippen MR) is 133 cm³/mol. The minimum atomic E-state index is -5.47. The summed E-state index contributed by atoms with van der Waals surface area (Å²) in [5.41, 5.74) is -5.96. The fourth-order valence-corrected chi connectivity index (χ4v) is 4.47. The van der Waals surface area contributed by atoms with Crippen LogP contribution in [0.15, 0.2) is 53.6 Å². The molecule has 1 fully saturated rings. The molecular weight excluding hydrogens is 584 g/mol. The van der Waals surface area contributed by atoms with E-state index in [1.54, 1.807) is 4.90 Å². The van der Waals surface area contributed by atoms with Crippen molar-refractivity contribution in [3.8, 4) is 11.4 Å². The summed E-state index contributed by atoms with van der Waals surface area (Å²) in [5, 5.41) is 10.4. The Labute approximate surface area is 232 Å². The largest absolute Gasteiger partial charge is 0.420 e. The Morgan fingerprint density at radius 1 is 1.07 bits per heavy atom. The van der Waals surface area contributed by atoms with Crippen LogP contribution in [-0.2, 0) is 18.9 Å². The zero-order valence-electron chi connectivity index (χ0n) is 21.8. The van der Waals surface area contributed by atoms with E-state index < -0.39 is 71.3 Å². The van der Waals surface area contributed by atoms with Crippen LogP contribution < -0.4 is 15.3 Å². The molecule has 2 aromatic carbocycles. The van der Waals surface area contributed by atoms with Crippen molar-refractivity contribution in [2.45, 2.75) is 37.6 Å². The van der Waals surface area contributed by atoms with E-state index >= 15 is 0 Å². The van der Waals surface area contributed by atoms with Crippen molar-refractivity contribution in [1.82, 2.24) is 14.0 Å². The zero-order valence-corrected chi connectivity index (χ0v) is 21.8. The molecule has 1 amide bonds. The number of carbonyl (C=O) groups is 1. The highest BCUT2D eigenvalue weighted by Crippen LogP contribution is 2.44.